The number of carbonyl (C=O) groups is 8. The van der Waals surface area contributed by atoms with Crippen LogP contribution in [-0.4, -0.2) is 135 Å². The first-order valence-corrected chi connectivity index (χ1v) is 16.2. The summed E-state index contributed by atoms with van der Waals surface area (Å²) in [6.07, 6.45) is 1.51. The fraction of sp³-hybridized carbons (Fsp3) is 0.742. The molecule has 2 unspecified atom stereocenters. The average Bonchev–Trinajstić information content (AvgIpc) is 3.04. The number of amides is 3. The van der Waals surface area contributed by atoms with E-state index in [0.29, 0.717) is 32.2 Å². The van der Waals surface area contributed by atoms with Gasteiger partial charge in [0.05, 0.1) is 33.0 Å². The molecular formula is C31H51N3O15. The molecule has 18 heteroatoms. The number of carbonyl (C=O) groups excluding carboxylic acids is 5. The van der Waals surface area contributed by atoms with Crippen LogP contribution in [0.15, 0.2) is 0 Å². The molecule has 0 fully saturated rings. The summed E-state index contributed by atoms with van der Waals surface area (Å²) in [5, 5.41) is 34.6. The van der Waals surface area contributed by atoms with Crippen LogP contribution in [0.25, 0.3) is 0 Å². The molecule has 0 radical (unpaired) electrons. The number of carboxylic acids is 3. The SMILES string of the molecule is CCC(=O)NCCCCC(NC(=O)COCCOCCCC(=O)COCCOCCNC(=O)C(CC(=O)CCCC(=O)O)C(=O)O)C(=O)O. The van der Waals surface area contributed by atoms with Gasteiger partial charge in [-0.15, -0.1) is 0 Å². The molecular weight excluding hydrogens is 654 g/mol. The van der Waals surface area contributed by atoms with Crippen molar-refractivity contribution in [2.45, 2.75) is 77.2 Å². The summed E-state index contributed by atoms with van der Waals surface area (Å²) < 4.78 is 21.1. The Hall–Kier alpha value is -4.00. The molecule has 3 amide bonds. The van der Waals surface area contributed by atoms with Gasteiger partial charge in [0.15, 0.2) is 5.78 Å². The van der Waals surface area contributed by atoms with E-state index >= 15 is 0 Å². The molecule has 0 aliphatic carbocycles. The summed E-state index contributed by atoms with van der Waals surface area (Å²) in [7, 11) is 0. The van der Waals surface area contributed by atoms with Crippen LogP contribution < -0.4 is 16.0 Å². The van der Waals surface area contributed by atoms with Gasteiger partial charge in [0, 0.05) is 51.8 Å². The second kappa shape index (κ2) is 29.0. The van der Waals surface area contributed by atoms with E-state index in [-0.39, 0.29) is 103 Å². The highest BCUT2D eigenvalue weighted by molar-refractivity contribution is 6.00. The number of aliphatic carboxylic acids is 3. The topological polar surface area (TPSA) is 270 Å². The Labute approximate surface area is 284 Å². The number of unbranched alkanes of at least 4 members (excludes halogenated alkanes) is 1. The van der Waals surface area contributed by atoms with Gasteiger partial charge in [0.25, 0.3) is 0 Å². The van der Waals surface area contributed by atoms with Crippen LogP contribution in [0.4, 0.5) is 0 Å². The molecule has 49 heavy (non-hydrogen) atoms. The van der Waals surface area contributed by atoms with Crippen molar-refractivity contribution in [1.29, 1.82) is 0 Å². The van der Waals surface area contributed by atoms with Crippen molar-refractivity contribution >= 4 is 47.2 Å². The normalized spacial score (nSPS) is 12.0. The van der Waals surface area contributed by atoms with Gasteiger partial charge in [-0.3, -0.25) is 33.6 Å². The van der Waals surface area contributed by atoms with Crippen molar-refractivity contribution in [3.05, 3.63) is 0 Å². The molecule has 0 saturated carbocycles. The molecule has 0 aliphatic heterocycles. The Morgan fingerprint density at radius 1 is 0.592 bits per heavy atom. The molecule has 18 nitrogen and oxygen atoms in total. The molecule has 2 atom stereocenters. The second-order valence-corrected chi connectivity index (χ2v) is 10.8. The van der Waals surface area contributed by atoms with Crippen LogP contribution in [0, 0.1) is 5.92 Å². The highest BCUT2D eigenvalue weighted by Gasteiger charge is 2.28. The summed E-state index contributed by atoms with van der Waals surface area (Å²) >= 11 is 0. The van der Waals surface area contributed by atoms with Crippen LogP contribution >= 0.6 is 0 Å². The fourth-order valence-corrected chi connectivity index (χ4v) is 3.98. The number of hydrogen-bond acceptors (Lipinski definition) is 12. The van der Waals surface area contributed by atoms with Crippen LogP contribution in [0.5, 0.6) is 0 Å². The number of Topliss-reactive ketones (excluding diaryl/α,β-unsaturated/α-hetero) is 2. The number of ether oxygens (including phenoxy) is 4. The van der Waals surface area contributed by atoms with Crippen molar-refractivity contribution in [3.8, 4) is 0 Å². The number of hydrogen-bond donors (Lipinski definition) is 6. The first-order chi connectivity index (χ1) is 23.4. The quantitative estimate of drug-likeness (QED) is 0.0378. The zero-order valence-corrected chi connectivity index (χ0v) is 28.0. The smallest absolute Gasteiger partial charge is 0.326 e. The van der Waals surface area contributed by atoms with E-state index in [0.717, 1.165) is 0 Å². The third-order valence-electron chi connectivity index (χ3n) is 6.62. The third-order valence-corrected chi connectivity index (χ3v) is 6.62. The van der Waals surface area contributed by atoms with E-state index in [2.05, 4.69) is 16.0 Å². The maximum Gasteiger partial charge on any atom is 0.326 e. The maximum atomic E-state index is 12.1. The Kier molecular flexibility index (Phi) is 26.6. The minimum Gasteiger partial charge on any atom is -0.481 e. The molecule has 0 aromatic heterocycles. The van der Waals surface area contributed by atoms with E-state index in [1.54, 1.807) is 6.92 Å². The Bertz CT molecular complexity index is 1050. The molecule has 0 spiro atoms. The van der Waals surface area contributed by atoms with Crippen LogP contribution in [0.2, 0.25) is 0 Å². The lowest BCUT2D eigenvalue weighted by Crippen LogP contribution is -2.42. The van der Waals surface area contributed by atoms with Gasteiger partial charge >= 0.3 is 17.9 Å². The van der Waals surface area contributed by atoms with E-state index in [4.69, 9.17) is 24.1 Å². The van der Waals surface area contributed by atoms with Crippen molar-refractivity contribution in [3.63, 3.8) is 0 Å². The number of ketones is 2. The van der Waals surface area contributed by atoms with Gasteiger partial charge in [-0.05, 0) is 32.1 Å². The highest BCUT2D eigenvalue weighted by atomic mass is 16.5. The predicted octanol–water partition coefficient (Wildman–Crippen LogP) is -0.301. The van der Waals surface area contributed by atoms with Gasteiger partial charge in [-0.25, -0.2) is 4.79 Å². The Balaban J connectivity index is 3.81. The Morgan fingerprint density at radius 2 is 1.22 bits per heavy atom. The summed E-state index contributed by atoms with van der Waals surface area (Å²) in [4.78, 5) is 92.3. The fourth-order valence-electron chi connectivity index (χ4n) is 3.98. The van der Waals surface area contributed by atoms with E-state index in [9.17, 15) is 48.6 Å². The first-order valence-electron chi connectivity index (χ1n) is 16.2. The molecule has 0 aromatic carbocycles. The molecule has 0 bridgehead atoms. The molecule has 0 aliphatic rings. The lowest BCUT2D eigenvalue weighted by Gasteiger charge is -2.14. The molecule has 0 saturated heterocycles. The molecule has 0 rings (SSSR count). The lowest BCUT2D eigenvalue weighted by molar-refractivity contribution is -0.149. The summed E-state index contributed by atoms with van der Waals surface area (Å²) in [6.45, 7) is 2.50. The van der Waals surface area contributed by atoms with Gasteiger partial charge in [0.2, 0.25) is 17.7 Å². The van der Waals surface area contributed by atoms with E-state index in [1.165, 1.54) is 0 Å². The minimum absolute atomic E-state index is 0.0126. The average molecular weight is 706 g/mol. The van der Waals surface area contributed by atoms with E-state index < -0.39 is 53.9 Å². The largest absolute Gasteiger partial charge is 0.481 e. The van der Waals surface area contributed by atoms with Gasteiger partial charge < -0.3 is 50.2 Å². The second-order valence-electron chi connectivity index (χ2n) is 10.8. The number of nitrogens with one attached hydrogen (secondary N) is 3. The van der Waals surface area contributed by atoms with Crippen LogP contribution in [0.3, 0.4) is 0 Å². The summed E-state index contributed by atoms with van der Waals surface area (Å²) in [5.74, 6) is -7.45. The molecule has 280 valence electrons. The number of rotatable bonds is 33. The molecule has 0 aromatic rings. The lowest BCUT2D eigenvalue weighted by atomic mass is 9.99. The first kappa shape index (κ1) is 45.0. The van der Waals surface area contributed by atoms with Crippen molar-refractivity contribution in [1.82, 2.24) is 16.0 Å². The zero-order chi connectivity index (χ0) is 36.9. The van der Waals surface area contributed by atoms with Gasteiger partial charge in [-0.1, -0.05) is 6.92 Å². The van der Waals surface area contributed by atoms with Gasteiger partial charge in [0.1, 0.15) is 31.0 Å². The zero-order valence-electron chi connectivity index (χ0n) is 28.0. The maximum absolute atomic E-state index is 12.1. The monoisotopic (exact) mass is 705 g/mol. The summed E-state index contributed by atoms with van der Waals surface area (Å²) in [6, 6.07) is -1.06. The standard InChI is InChI=1S/C31H51N3O15/c1-2-26(37)32-11-4-3-9-25(31(44)45)34-27(38)21-49-18-15-46-13-6-8-23(36)20-48-17-16-47-14-12-33-29(41)24(30(42)43)19-22(35)7-5-10-28(39)40/h24-25H,2-21H2,1H3,(H,32,37)(H,33,41)(H,34,38)(H,39,40)(H,42,43)(H,44,45). The minimum atomic E-state index is -1.58. The van der Waals surface area contributed by atoms with Crippen molar-refractivity contribution < 1.29 is 72.6 Å². The molecule has 0 heterocycles. The third kappa shape index (κ3) is 26.6. The molecule has 6 N–H and O–H groups in total. The Morgan fingerprint density at radius 3 is 1.86 bits per heavy atom. The van der Waals surface area contributed by atoms with Crippen molar-refractivity contribution in [2.24, 2.45) is 5.92 Å². The van der Waals surface area contributed by atoms with Crippen molar-refractivity contribution in [2.75, 3.05) is 65.9 Å². The van der Waals surface area contributed by atoms with E-state index in [1.807, 2.05) is 0 Å². The predicted molar refractivity (Wildman–Crippen MR) is 169 cm³/mol. The highest BCUT2D eigenvalue weighted by Crippen LogP contribution is 2.09. The number of carboxylic acid groups (broad SMARTS) is 3. The van der Waals surface area contributed by atoms with Crippen LogP contribution in [0.1, 0.15) is 71.1 Å². The summed E-state index contributed by atoms with van der Waals surface area (Å²) in [5.41, 5.74) is 0. The van der Waals surface area contributed by atoms with Gasteiger partial charge in [-0.2, -0.15) is 0 Å². The van der Waals surface area contributed by atoms with Crippen LogP contribution in [-0.2, 0) is 57.3 Å².